The lowest BCUT2D eigenvalue weighted by atomic mass is 9.86. The fourth-order valence-electron chi connectivity index (χ4n) is 3.61. The molecular formula is C15H29NO. The predicted molar refractivity (Wildman–Crippen MR) is 72.1 cm³/mol. The molecule has 0 aromatic heterocycles. The second-order valence-corrected chi connectivity index (χ2v) is 6.11. The lowest BCUT2D eigenvalue weighted by molar-refractivity contribution is 0.137. The Bertz CT molecular complexity index is 199. The van der Waals surface area contributed by atoms with Crippen LogP contribution in [0.5, 0.6) is 0 Å². The van der Waals surface area contributed by atoms with Gasteiger partial charge in [-0.2, -0.15) is 0 Å². The fourth-order valence-corrected chi connectivity index (χ4v) is 3.61. The Morgan fingerprint density at radius 3 is 2.41 bits per heavy atom. The van der Waals surface area contributed by atoms with E-state index in [0.29, 0.717) is 6.61 Å². The molecule has 2 fully saturated rings. The molecule has 1 saturated carbocycles. The summed E-state index contributed by atoms with van der Waals surface area (Å²) in [5, 5.41) is 9.02. The summed E-state index contributed by atoms with van der Waals surface area (Å²) in [5.74, 6) is 1.78. The molecule has 1 N–H and O–H groups in total. The summed E-state index contributed by atoms with van der Waals surface area (Å²) < 4.78 is 0. The maximum absolute atomic E-state index is 9.02. The average molecular weight is 239 g/mol. The van der Waals surface area contributed by atoms with Gasteiger partial charge in [-0.3, -0.25) is 0 Å². The zero-order valence-electron chi connectivity index (χ0n) is 11.2. The van der Waals surface area contributed by atoms with Gasteiger partial charge in [0.1, 0.15) is 0 Å². The first-order valence-electron chi connectivity index (χ1n) is 7.71. The van der Waals surface area contributed by atoms with E-state index in [1.54, 1.807) is 0 Å². The van der Waals surface area contributed by atoms with Crippen LogP contribution in [0.4, 0.5) is 0 Å². The summed E-state index contributed by atoms with van der Waals surface area (Å²) in [4.78, 5) is 2.65. The van der Waals surface area contributed by atoms with Crippen LogP contribution in [0.3, 0.4) is 0 Å². The highest BCUT2D eigenvalue weighted by Crippen LogP contribution is 2.27. The smallest absolute Gasteiger partial charge is 0.0434 e. The Labute approximate surface area is 106 Å². The molecular weight excluding hydrogens is 210 g/mol. The van der Waals surface area contributed by atoms with Crippen molar-refractivity contribution in [3.8, 4) is 0 Å². The molecule has 0 bridgehead atoms. The summed E-state index contributed by atoms with van der Waals surface area (Å²) in [6.07, 6.45) is 12.5. The average Bonchev–Trinajstić information content (AvgIpc) is 2.39. The van der Waals surface area contributed by atoms with Crippen LogP contribution in [-0.4, -0.2) is 36.2 Å². The van der Waals surface area contributed by atoms with E-state index < -0.39 is 0 Å². The van der Waals surface area contributed by atoms with Crippen molar-refractivity contribution in [3.05, 3.63) is 0 Å². The van der Waals surface area contributed by atoms with Crippen LogP contribution in [0.1, 0.15) is 57.8 Å². The first kappa shape index (κ1) is 13.4. The minimum absolute atomic E-state index is 0.376. The van der Waals surface area contributed by atoms with Gasteiger partial charge in [-0.1, -0.05) is 32.1 Å². The molecule has 0 spiro atoms. The third kappa shape index (κ3) is 4.59. The van der Waals surface area contributed by atoms with Crippen LogP contribution in [0.2, 0.25) is 0 Å². The fraction of sp³-hybridized carbons (Fsp3) is 1.00. The molecule has 2 rings (SSSR count). The summed E-state index contributed by atoms with van der Waals surface area (Å²) in [6, 6.07) is 0. The molecule has 2 nitrogen and oxygen atoms in total. The molecule has 0 aromatic carbocycles. The maximum Gasteiger partial charge on any atom is 0.0434 e. The third-order valence-electron chi connectivity index (χ3n) is 4.72. The normalized spacial score (nSPS) is 28.4. The van der Waals surface area contributed by atoms with Crippen molar-refractivity contribution in [3.63, 3.8) is 0 Å². The highest BCUT2D eigenvalue weighted by molar-refractivity contribution is 4.74. The Hall–Kier alpha value is -0.0800. The lowest BCUT2D eigenvalue weighted by Gasteiger charge is -2.34. The number of likely N-dealkylation sites (tertiary alicyclic amines) is 1. The van der Waals surface area contributed by atoms with Crippen molar-refractivity contribution in [1.29, 1.82) is 0 Å². The molecule has 1 aliphatic heterocycles. The van der Waals surface area contributed by atoms with E-state index >= 15 is 0 Å². The number of piperidine rings is 1. The summed E-state index contributed by atoms with van der Waals surface area (Å²) in [7, 11) is 0. The van der Waals surface area contributed by atoms with Gasteiger partial charge in [0.25, 0.3) is 0 Å². The first-order chi connectivity index (χ1) is 8.38. The van der Waals surface area contributed by atoms with Crippen LogP contribution < -0.4 is 0 Å². The summed E-state index contributed by atoms with van der Waals surface area (Å²) in [5.41, 5.74) is 0. The van der Waals surface area contributed by atoms with Gasteiger partial charge in [-0.15, -0.1) is 0 Å². The molecule has 1 heterocycles. The zero-order valence-corrected chi connectivity index (χ0v) is 11.2. The highest BCUT2D eigenvalue weighted by atomic mass is 16.3. The molecule has 1 saturated heterocycles. The van der Waals surface area contributed by atoms with Crippen molar-refractivity contribution >= 4 is 0 Å². The van der Waals surface area contributed by atoms with Crippen LogP contribution in [-0.2, 0) is 0 Å². The molecule has 17 heavy (non-hydrogen) atoms. The van der Waals surface area contributed by atoms with E-state index in [2.05, 4.69) is 4.90 Å². The highest BCUT2D eigenvalue weighted by Gasteiger charge is 2.20. The van der Waals surface area contributed by atoms with E-state index in [-0.39, 0.29) is 0 Å². The molecule has 1 unspecified atom stereocenters. The second kappa shape index (κ2) is 7.38. The summed E-state index contributed by atoms with van der Waals surface area (Å²) >= 11 is 0. The Morgan fingerprint density at radius 1 is 0.882 bits per heavy atom. The zero-order chi connectivity index (χ0) is 11.9. The second-order valence-electron chi connectivity index (χ2n) is 6.11. The number of aliphatic hydroxyl groups is 1. The minimum atomic E-state index is 0.376. The molecule has 2 aliphatic rings. The predicted octanol–water partition coefficient (Wildman–Crippen LogP) is 3.05. The monoisotopic (exact) mass is 239 g/mol. The Balaban J connectivity index is 1.64. The van der Waals surface area contributed by atoms with E-state index in [1.807, 2.05) is 0 Å². The van der Waals surface area contributed by atoms with E-state index in [0.717, 1.165) is 18.3 Å². The van der Waals surface area contributed by atoms with Gasteiger partial charge < -0.3 is 10.0 Å². The van der Waals surface area contributed by atoms with Crippen LogP contribution in [0, 0.1) is 11.8 Å². The van der Waals surface area contributed by atoms with E-state index in [9.17, 15) is 0 Å². The number of aliphatic hydroxyl groups excluding tert-OH is 1. The quantitative estimate of drug-likeness (QED) is 0.797. The Kier molecular flexibility index (Phi) is 5.79. The SMILES string of the molecule is OCCC1CCCN(CCC2CCCCC2)C1. The Morgan fingerprint density at radius 2 is 1.65 bits per heavy atom. The molecule has 2 heteroatoms. The van der Waals surface area contributed by atoms with Crippen molar-refractivity contribution in [2.45, 2.75) is 57.8 Å². The van der Waals surface area contributed by atoms with Crippen molar-refractivity contribution in [2.24, 2.45) is 11.8 Å². The van der Waals surface area contributed by atoms with Crippen LogP contribution >= 0.6 is 0 Å². The van der Waals surface area contributed by atoms with Gasteiger partial charge in [-0.05, 0) is 50.6 Å². The number of nitrogens with zero attached hydrogens (tertiary/aromatic N) is 1. The molecule has 0 radical (unpaired) electrons. The van der Waals surface area contributed by atoms with E-state index in [1.165, 1.54) is 71.0 Å². The summed E-state index contributed by atoms with van der Waals surface area (Å²) in [6.45, 7) is 4.23. The van der Waals surface area contributed by atoms with Gasteiger partial charge in [-0.25, -0.2) is 0 Å². The van der Waals surface area contributed by atoms with Crippen molar-refractivity contribution < 1.29 is 5.11 Å². The van der Waals surface area contributed by atoms with Gasteiger partial charge >= 0.3 is 0 Å². The largest absolute Gasteiger partial charge is 0.396 e. The molecule has 0 amide bonds. The minimum Gasteiger partial charge on any atom is -0.396 e. The number of rotatable bonds is 5. The lowest BCUT2D eigenvalue weighted by Crippen LogP contribution is -2.37. The topological polar surface area (TPSA) is 23.5 Å². The number of hydrogen-bond acceptors (Lipinski definition) is 2. The van der Waals surface area contributed by atoms with Gasteiger partial charge in [0.2, 0.25) is 0 Å². The number of hydrogen-bond donors (Lipinski definition) is 1. The van der Waals surface area contributed by atoms with Crippen molar-refractivity contribution in [1.82, 2.24) is 4.90 Å². The standard InChI is InChI=1S/C15H29NO/c17-12-9-15-7-4-10-16(13-15)11-8-14-5-2-1-3-6-14/h14-15,17H,1-13H2. The molecule has 0 aromatic rings. The van der Waals surface area contributed by atoms with Gasteiger partial charge in [0.05, 0.1) is 0 Å². The third-order valence-corrected chi connectivity index (χ3v) is 4.72. The van der Waals surface area contributed by atoms with Crippen LogP contribution in [0.15, 0.2) is 0 Å². The van der Waals surface area contributed by atoms with Gasteiger partial charge in [0, 0.05) is 13.2 Å². The first-order valence-corrected chi connectivity index (χ1v) is 7.71. The van der Waals surface area contributed by atoms with Crippen molar-refractivity contribution in [2.75, 3.05) is 26.2 Å². The maximum atomic E-state index is 9.02. The molecule has 1 aliphatic carbocycles. The molecule has 1 atom stereocenters. The van der Waals surface area contributed by atoms with E-state index in [4.69, 9.17) is 5.11 Å². The molecule has 100 valence electrons. The van der Waals surface area contributed by atoms with Crippen LogP contribution in [0.25, 0.3) is 0 Å². The van der Waals surface area contributed by atoms with Gasteiger partial charge in [0.15, 0.2) is 0 Å².